The smallest absolute Gasteiger partial charge is 0.222 e. The zero-order chi connectivity index (χ0) is 12.5. The first-order valence-corrected chi connectivity index (χ1v) is 7.29. The third kappa shape index (κ3) is 5.07. The third-order valence-electron chi connectivity index (χ3n) is 3.70. The summed E-state index contributed by atoms with van der Waals surface area (Å²) in [5.41, 5.74) is 5.62. The van der Waals surface area contributed by atoms with Gasteiger partial charge in [0, 0.05) is 25.6 Å². The van der Waals surface area contributed by atoms with Crippen molar-refractivity contribution in [2.45, 2.75) is 70.8 Å². The third-order valence-corrected chi connectivity index (χ3v) is 3.70. The predicted octanol–water partition coefficient (Wildman–Crippen LogP) is 2.69. The zero-order valence-corrected chi connectivity index (χ0v) is 11.3. The van der Waals surface area contributed by atoms with E-state index in [0.29, 0.717) is 18.5 Å². The highest BCUT2D eigenvalue weighted by atomic mass is 16.2. The average molecular weight is 240 g/mol. The first-order chi connectivity index (χ1) is 8.29. The number of hydrogen-bond acceptors (Lipinski definition) is 2. The summed E-state index contributed by atoms with van der Waals surface area (Å²) in [5.74, 6) is 0.332. The molecule has 1 fully saturated rings. The van der Waals surface area contributed by atoms with Gasteiger partial charge in [-0.25, -0.2) is 0 Å². The van der Waals surface area contributed by atoms with Gasteiger partial charge in [-0.2, -0.15) is 0 Å². The van der Waals surface area contributed by atoms with E-state index in [0.717, 1.165) is 19.4 Å². The molecule has 0 radical (unpaired) electrons. The van der Waals surface area contributed by atoms with Crippen molar-refractivity contribution in [2.75, 3.05) is 13.1 Å². The second kappa shape index (κ2) is 8.51. The summed E-state index contributed by atoms with van der Waals surface area (Å²) in [6, 6.07) is 0.484. The molecule has 0 bridgehead atoms. The molecule has 0 aromatic heterocycles. The lowest BCUT2D eigenvalue weighted by atomic mass is 10.1. The number of unbranched alkanes of at least 4 members (excludes halogenated alkanes) is 3. The molecule has 0 aromatic rings. The molecule has 0 saturated heterocycles. The molecule has 0 atom stereocenters. The fraction of sp³-hybridized carbons (Fsp3) is 0.929. The van der Waals surface area contributed by atoms with Gasteiger partial charge >= 0.3 is 0 Å². The van der Waals surface area contributed by atoms with E-state index < -0.39 is 0 Å². The lowest BCUT2D eigenvalue weighted by Crippen LogP contribution is -2.41. The van der Waals surface area contributed by atoms with Crippen LogP contribution in [0.5, 0.6) is 0 Å². The van der Waals surface area contributed by atoms with Gasteiger partial charge in [0.15, 0.2) is 0 Å². The molecule has 3 heteroatoms. The normalized spacial score (nSPS) is 16.4. The van der Waals surface area contributed by atoms with E-state index in [2.05, 4.69) is 11.8 Å². The van der Waals surface area contributed by atoms with Gasteiger partial charge < -0.3 is 10.6 Å². The second-order valence-corrected chi connectivity index (χ2v) is 5.12. The fourth-order valence-corrected chi connectivity index (χ4v) is 2.71. The Morgan fingerprint density at radius 1 is 1.24 bits per heavy atom. The van der Waals surface area contributed by atoms with E-state index in [1.807, 2.05) is 0 Å². The molecule has 1 aliphatic rings. The van der Waals surface area contributed by atoms with E-state index in [1.54, 1.807) is 0 Å². The number of amides is 1. The Labute approximate surface area is 106 Å². The van der Waals surface area contributed by atoms with E-state index >= 15 is 0 Å². The Hall–Kier alpha value is -0.570. The van der Waals surface area contributed by atoms with Gasteiger partial charge in [-0.05, 0) is 19.3 Å². The van der Waals surface area contributed by atoms with Crippen molar-refractivity contribution in [3.8, 4) is 0 Å². The summed E-state index contributed by atoms with van der Waals surface area (Å²) < 4.78 is 0. The Kier molecular flexibility index (Phi) is 7.25. The minimum atomic E-state index is 0.332. The van der Waals surface area contributed by atoms with E-state index in [-0.39, 0.29) is 0 Å². The van der Waals surface area contributed by atoms with Gasteiger partial charge in [0.1, 0.15) is 0 Å². The van der Waals surface area contributed by atoms with Crippen molar-refractivity contribution in [1.82, 2.24) is 4.90 Å². The maximum absolute atomic E-state index is 12.2. The number of rotatable bonds is 8. The Bertz CT molecular complexity index is 212. The van der Waals surface area contributed by atoms with Crippen molar-refractivity contribution in [2.24, 2.45) is 5.73 Å². The lowest BCUT2D eigenvalue weighted by molar-refractivity contribution is -0.133. The summed E-state index contributed by atoms with van der Waals surface area (Å²) >= 11 is 0. The number of nitrogens with two attached hydrogens (primary N) is 1. The molecule has 0 aliphatic heterocycles. The van der Waals surface area contributed by atoms with Crippen LogP contribution in [0.3, 0.4) is 0 Å². The van der Waals surface area contributed by atoms with Crippen LogP contribution < -0.4 is 5.73 Å². The van der Waals surface area contributed by atoms with Gasteiger partial charge in [-0.15, -0.1) is 0 Å². The largest absolute Gasteiger partial charge is 0.338 e. The zero-order valence-electron chi connectivity index (χ0n) is 11.3. The summed E-state index contributed by atoms with van der Waals surface area (Å²) in [6.45, 7) is 3.54. The average Bonchev–Trinajstić information content (AvgIpc) is 2.85. The SMILES string of the molecule is CCCCCCC(=O)N(CCN)C1CCCC1. The topological polar surface area (TPSA) is 46.3 Å². The van der Waals surface area contributed by atoms with Crippen LogP contribution in [-0.4, -0.2) is 29.9 Å². The number of carbonyl (C=O) groups excluding carboxylic acids is 1. The van der Waals surface area contributed by atoms with Crippen molar-refractivity contribution in [3.05, 3.63) is 0 Å². The first kappa shape index (κ1) is 14.5. The van der Waals surface area contributed by atoms with Gasteiger partial charge in [0.05, 0.1) is 0 Å². The van der Waals surface area contributed by atoms with Gasteiger partial charge in [0.2, 0.25) is 5.91 Å². The highest BCUT2D eigenvalue weighted by Crippen LogP contribution is 2.24. The quantitative estimate of drug-likeness (QED) is 0.663. The molecular formula is C14H28N2O. The molecule has 0 aromatic carbocycles. The highest BCUT2D eigenvalue weighted by Gasteiger charge is 2.25. The Balaban J connectivity index is 2.32. The molecule has 100 valence electrons. The van der Waals surface area contributed by atoms with Gasteiger partial charge in [-0.3, -0.25) is 4.79 Å². The van der Waals surface area contributed by atoms with E-state index in [4.69, 9.17) is 5.73 Å². The van der Waals surface area contributed by atoms with Crippen LogP contribution in [-0.2, 0) is 4.79 Å². The van der Waals surface area contributed by atoms with Crippen LogP contribution in [0.15, 0.2) is 0 Å². The monoisotopic (exact) mass is 240 g/mol. The lowest BCUT2D eigenvalue weighted by Gasteiger charge is -2.28. The van der Waals surface area contributed by atoms with Crippen LogP contribution in [0.1, 0.15) is 64.7 Å². The maximum Gasteiger partial charge on any atom is 0.222 e. The van der Waals surface area contributed by atoms with Crippen LogP contribution in [0.2, 0.25) is 0 Å². The molecular weight excluding hydrogens is 212 g/mol. The number of nitrogens with zero attached hydrogens (tertiary/aromatic N) is 1. The van der Waals surface area contributed by atoms with E-state index in [1.165, 1.54) is 44.9 Å². The molecule has 1 aliphatic carbocycles. The molecule has 17 heavy (non-hydrogen) atoms. The minimum Gasteiger partial charge on any atom is -0.338 e. The van der Waals surface area contributed by atoms with Gasteiger partial charge in [-0.1, -0.05) is 39.0 Å². The standard InChI is InChI=1S/C14H28N2O/c1-2-3-4-5-10-14(17)16(12-11-15)13-8-6-7-9-13/h13H,2-12,15H2,1H3. The van der Waals surface area contributed by atoms with Crippen molar-refractivity contribution in [1.29, 1.82) is 0 Å². The summed E-state index contributed by atoms with van der Waals surface area (Å²) in [7, 11) is 0. The van der Waals surface area contributed by atoms with E-state index in [9.17, 15) is 4.79 Å². The van der Waals surface area contributed by atoms with Crippen molar-refractivity contribution in [3.63, 3.8) is 0 Å². The number of hydrogen-bond donors (Lipinski definition) is 1. The summed E-state index contributed by atoms with van der Waals surface area (Å²) in [6.07, 6.45) is 10.3. The summed E-state index contributed by atoms with van der Waals surface area (Å²) in [4.78, 5) is 14.2. The van der Waals surface area contributed by atoms with Crippen molar-refractivity contribution >= 4 is 5.91 Å². The molecule has 1 rings (SSSR count). The molecule has 1 saturated carbocycles. The minimum absolute atomic E-state index is 0.332. The van der Waals surface area contributed by atoms with Crippen molar-refractivity contribution < 1.29 is 4.79 Å². The highest BCUT2D eigenvalue weighted by molar-refractivity contribution is 5.76. The Morgan fingerprint density at radius 2 is 1.94 bits per heavy atom. The van der Waals surface area contributed by atoms with Crippen LogP contribution in [0.4, 0.5) is 0 Å². The molecule has 0 unspecified atom stereocenters. The second-order valence-electron chi connectivity index (χ2n) is 5.12. The fourth-order valence-electron chi connectivity index (χ4n) is 2.71. The summed E-state index contributed by atoms with van der Waals surface area (Å²) in [5, 5.41) is 0. The van der Waals surface area contributed by atoms with Gasteiger partial charge in [0.25, 0.3) is 0 Å². The predicted molar refractivity (Wildman–Crippen MR) is 71.8 cm³/mol. The molecule has 0 spiro atoms. The van der Waals surface area contributed by atoms with Crippen LogP contribution in [0, 0.1) is 0 Å². The van der Waals surface area contributed by atoms with Crippen LogP contribution in [0.25, 0.3) is 0 Å². The Morgan fingerprint density at radius 3 is 2.53 bits per heavy atom. The molecule has 3 nitrogen and oxygen atoms in total. The van der Waals surface area contributed by atoms with Crippen LogP contribution >= 0.6 is 0 Å². The molecule has 2 N–H and O–H groups in total. The molecule has 0 heterocycles. The molecule has 1 amide bonds. The first-order valence-electron chi connectivity index (χ1n) is 7.29. The number of carbonyl (C=O) groups is 1. The maximum atomic E-state index is 12.2.